The molecular formula is C16H21NO4. The fraction of sp³-hybridized carbons (Fsp3) is 0.500. The molecule has 5 heteroatoms. The average Bonchev–Trinajstić information content (AvgIpc) is 2.86. The smallest absolute Gasteiger partial charge is 0.417 e. The van der Waals surface area contributed by atoms with E-state index >= 15 is 0 Å². The Morgan fingerprint density at radius 3 is 2.71 bits per heavy atom. The maximum absolute atomic E-state index is 12.2. The molecule has 3 atom stereocenters. The van der Waals surface area contributed by atoms with Gasteiger partial charge >= 0.3 is 6.09 Å². The van der Waals surface area contributed by atoms with Gasteiger partial charge in [0.05, 0.1) is 18.6 Å². The zero-order valence-electron chi connectivity index (χ0n) is 12.4. The molecule has 1 unspecified atom stereocenters. The third kappa shape index (κ3) is 3.61. The van der Waals surface area contributed by atoms with E-state index in [0.29, 0.717) is 12.8 Å². The first kappa shape index (κ1) is 15.5. The number of benzene rings is 1. The number of carbonyl (C=O) groups excluding carboxylic acids is 2. The van der Waals surface area contributed by atoms with E-state index < -0.39 is 18.1 Å². The second kappa shape index (κ2) is 6.72. The normalized spacial score (nSPS) is 21.0. The van der Waals surface area contributed by atoms with Crippen molar-refractivity contribution in [3.8, 4) is 0 Å². The fourth-order valence-corrected chi connectivity index (χ4v) is 2.45. The predicted octanol–water partition coefficient (Wildman–Crippen LogP) is 1.98. The highest BCUT2D eigenvalue weighted by Crippen LogP contribution is 2.20. The molecule has 0 bridgehead atoms. The van der Waals surface area contributed by atoms with E-state index in [1.165, 1.54) is 0 Å². The molecule has 114 valence electrons. The number of nitrogens with zero attached hydrogens (tertiary/aromatic N) is 1. The van der Waals surface area contributed by atoms with Crippen LogP contribution in [0.2, 0.25) is 0 Å². The van der Waals surface area contributed by atoms with E-state index in [1.54, 1.807) is 13.8 Å². The van der Waals surface area contributed by atoms with Crippen molar-refractivity contribution >= 4 is 12.0 Å². The molecule has 1 aromatic carbocycles. The summed E-state index contributed by atoms with van der Waals surface area (Å²) in [6, 6.07) is 9.70. The lowest BCUT2D eigenvalue weighted by molar-refractivity contribution is -0.135. The number of ether oxygens (including phenoxy) is 1. The van der Waals surface area contributed by atoms with Gasteiger partial charge in [-0.05, 0) is 12.0 Å². The first-order chi connectivity index (χ1) is 10.0. The standard InChI is InChI=1S/C16H21NO4/c1-3-14(18)11(2)15(19)17-10-13(21-16(17)20)9-12-7-5-4-6-8-12/h4-8,11,13-14,18H,3,9-10H2,1-2H3/t11-,13?,14-/m1/s1. The molecule has 1 aliphatic rings. The maximum atomic E-state index is 12.2. The van der Waals surface area contributed by atoms with Crippen molar-refractivity contribution in [2.75, 3.05) is 6.54 Å². The summed E-state index contributed by atoms with van der Waals surface area (Å²) >= 11 is 0. The lowest BCUT2D eigenvalue weighted by Crippen LogP contribution is -2.40. The molecule has 0 radical (unpaired) electrons. The van der Waals surface area contributed by atoms with E-state index in [2.05, 4.69) is 0 Å². The number of hydrogen-bond acceptors (Lipinski definition) is 4. The minimum Gasteiger partial charge on any atom is -0.444 e. The van der Waals surface area contributed by atoms with Gasteiger partial charge in [-0.3, -0.25) is 4.79 Å². The van der Waals surface area contributed by atoms with Crippen LogP contribution in [-0.2, 0) is 16.0 Å². The maximum Gasteiger partial charge on any atom is 0.417 e. The van der Waals surface area contributed by atoms with Gasteiger partial charge in [-0.25, -0.2) is 9.69 Å². The first-order valence-corrected chi connectivity index (χ1v) is 7.27. The SMILES string of the molecule is CC[C@@H](O)[C@@H](C)C(=O)N1CC(Cc2ccccc2)OC1=O. The molecule has 0 aliphatic carbocycles. The fourth-order valence-electron chi connectivity index (χ4n) is 2.45. The van der Waals surface area contributed by atoms with Crippen LogP contribution in [0.3, 0.4) is 0 Å². The van der Waals surface area contributed by atoms with E-state index in [-0.39, 0.29) is 18.6 Å². The van der Waals surface area contributed by atoms with Gasteiger partial charge in [-0.15, -0.1) is 0 Å². The predicted molar refractivity (Wildman–Crippen MR) is 77.6 cm³/mol. The van der Waals surface area contributed by atoms with Gasteiger partial charge in [-0.1, -0.05) is 44.2 Å². The molecule has 1 aliphatic heterocycles. The molecule has 1 saturated heterocycles. The summed E-state index contributed by atoms with van der Waals surface area (Å²) in [5, 5.41) is 9.74. The van der Waals surface area contributed by atoms with Gasteiger partial charge in [0.1, 0.15) is 6.10 Å². The van der Waals surface area contributed by atoms with Crippen molar-refractivity contribution in [2.45, 2.75) is 38.9 Å². The van der Waals surface area contributed by atoms with Gasteiger partial charge in [0, 0.05) is 6.42 Å². The molecule has 0 saturated carbocycles. The van der Waals surface area contributed by atoms with Crippen molar-refractivity contribution in [2.24, 2.45) is 5.92 Å². The summed E-state index contributed by atoms with van der Waals surface area (Å²) in [6.07, 6.45) is -0.617. The van der Waals surface area contributed by atoms with Crippen LogP contribution in [-0.4, -0.2) is 40.8 Å². The highest BCUT2D eigenvalue weighted by molar-refractivity contribution is 5.94. The lowest BCUT2D eigenvalue weighted by atomic mass is 10.0. The minimum atomic E-state index is -0.738. The number of carbonyl (C=O) groups is 2. The van der Waals surface area contributed by atoms with E-state index in [9.17, 15) is 14.7 Å². The third-order valence-corrected chi connectivity index (χ3v) is 3.83. The van der Waals surface area contributed by atoms with Crippen LogP contribution in [0.5, 0.6) is 0 Å². The van der Waals surface area contributed by atoms with Crippen molar-refractivity contribution in [1.82, 2.24) is 4.90 Å². The molecule has 1 aromatic rings. The number of cyclic esters (lactones) is 1. The van der Waals surface area contributed by atoms with Gasteiger partial charge in [0.25, 0.3) is 0 Å². The van der Waals surface area contributed by atoms with E-state index in [0.717, 1.165) is 10.5 Å². The Morgan fingerprint density at radius 1 is 1.43 bits per heavy atom. The summed E-state index contributed by atoms with van der Waals surface area (Å²) in [5.74, 6) is -0.970. The molecule has 0 spiro atoms. The molecule has 0 aromatic heterocycles. The van der Waals surface area contributed by atoms with Gasteiger partial charge < -0.3 is 9.84 Å². The zero-order valence-corrected chi connectivity index (χ0v) is 12.4. The second-order valence-electron chi connectivity index (χ2n) is 5.41. The largest absolute Gasteiger partial charge is 0.444 e. The Morgan fingerprint density at radius 2 is 2.10 bits per heavy atom. The van der Waals surface area contributed by atoms with Gasteiger partial charge in [-0.2, -0.15) is 0 Å². The summed E-state index contributed by atoms with van der Waals surface area (Å²) < 4.78 is 5.25. The molecule has 21 heavy (non-hydrogen) atoms. The average molecular weight is 291 g/mol. The van der Waals surface area contributed by atoms with Crippen LogP contribution in [0.1, 0.15) is 25.8 Å². The first-order valence-electron chi connectivity index (χ1n) is 7.27. The number of rotatable bonds is 5. The molecule has 2 rings (SSSR count). The van der Waals surface area contributed by atoms with Crippen LogP contribution >= 0.6 is 0 Å². The van der Waals surface area contributed by atoms with Crippen molar-refractivity contribution in [3.63, 3.8) is 0 Å². The Bertz CT molecular complexity index is 502. The zero-order chi connectivity index (χ0) is 15.4. The van der Waals surface area contributed by atoms with E-state index in [4.69, 9.17) is 4.74 Å². The second-order valence-corrected chi connectivity index (χ2v) is 5.41. The van der Waals surface area contributed by atoms with Crippen LogP contribution in [0, 0.1) is 5.92 Å². The van der Waals surface area contributed by atoms with Crippen molar-refractivity contribution < 1.29 is 19.4 Å². The Labute approximate surface area is 124 Å². The summed E-state index contributed by atoms with van der Waals surface area (Å²) in [6.45, 7) is 3.68. The van der Waals surface area contributed by atoms with Crippen LogP contribution < -0.4 is 0 Å². The number of aliphatic hydroxyl groups excluding tert-OH is 1. The molecular weight excluding hydrogens is 270 g/mol. The number of amides is 2. The van der Waals surface area contributed by atoms with Crippen LogP contribution in [0.4, 0.5) is 4.79 Å². The Balaban J connectivity index is 1.98. The highest BCUT2D eigenvalue weighted by atomic mass is 16.6. The lowest BCUT2D eigenvalue weighted by Gasteiger charge is -2.20. The topological polar surface area (TPSA) is 66.8 Å². The molecule has 5 nitrogen and oxygen atoms in total. The quantitative estimate of drug-likeness (QED) is 0.901. The summed E-state index contributed by atoms with van der Waals surface area (Å²) in [5.41, 5.74) is 1.06. The number of imide groups is 1. The molecule has 1 fully saturated rings. The Hall–Kier alpha value is -1.88. The highest BCUT2D eigenvalue weighted by Gasteiger charge is 2.38. The van der Waals surface area contributed by atoms with Crippen LogP contribution in [0.15, 0.2) is 30.3 Å². The minimum absolute atomic E-state index is 0.243. The van der Waals surface area contributed by atoms with Crippen LogP contribution in [0.25, 0.3) is 0 Å². The van der Waals surface area contributed by atoms with Gasteiger partial charge in [0.2, 0.25) is 5.91 Å². The summed E-state index contributed by atoms with van der Waals surface area (Å²) in [4.78, 5) is 25.2. The van der Waals surface area contributed by atoms with Crippen molar-refractivity contribution in [3.05, 3.63) is 35.9 Å². The monoisotopic (exact) mass is 291 g/mol. The number of hydrogen-bond donors (Lipinski definition) is 1. The number of aliphatic hydroxyl groups is 1. The molecule has 2 amide bonds. The Kier molecular flexibility index (Phi) is 4.96. The summed E-state index contributed by atoms with van der Waals surface area (Å²) in [7, 11) is 0. The molecule has 1 heterocycles. The van der Waals surface area contributed by atoms with Gasteiger partial charge in [0.15, 0.2) is 0 Å². The van der Waals surface area contributed by atoms with Crippen molar-refractivity contribution in [1.29, 1.82) is 0 Å². The third-order valence-electron chi connectivity index (χ3n) is 3.83. The molecule has 1 N–H and O–H groups in total. The van der Waals surface area contributed by atoms with E-state index in [1.807, 2.05) is 30.3 Å².